The first-order valence-corrected chi connectivity index (χ1v) is 5.97. The molecule has 17 heavy (non-hydrogen) atoms. The average Bonchev–Trinajstić information content (AvgIpc) is 2.57. The van der Waals surface area contributed by atoms with Crippen molar-refractivity contribution in [2.75, 3.05) is 13.2 Å². The molecule has 0 aliphatic rings. The Morgan fingerprint density at radius 1 is 1.59 bits per heavy atom. The number of hydrogen-bond acceptors (Lipinski definition) is 3. The fourth-order valence-corrected chi connectivity index (χ4v) is 1.82. The van der Waals surface area contributed by atoms with E-state index in [9.17, 15) is 0 Å². The lowest BCUT2D eigenvalue weighted by Crippen LogP contribution is -2.21. The van der Waals surface area contributed by atoms with Crippen LogP contribution in [0.15, 0.2) is 6.07 Å². The second kappa shape index (κ2) is 6.43. The van der Waals surface area contributed by atoms with E-state index in [1.165, 1.54) is 5.56 Å². The van der Waals surface area contributed by atoms with Crippen LogP contribution in [0.4, 0.5) is 0 Å². The van der Waals surface area contributed by atoms with E-state index in [0.717, 1.165) is 25.2 Å². The van der Waals surface area contributed by atoms with Gasteiger partial charge in [-0.15, -0.1) is 0 Å². The van der Waals surface area contributed by atoms with Crippen LogP contribution in [0.5, 0.6) is 0 Å². The fraction of sp³-hybridized carbons (Fsp3) is 0.615. The molecule has 94 valence electrons. The first-order chi connectivity index (χ1) is 8.10. The van der Waals surface area contributed by atoms with Gasteiger partial charge in [0.1, 0.15) is 11.8 Å². The Bertz CT molecular complexity index is 404. The van der Waals surface area contributed by atoms with E-state index in [2.05, 4.69) is 18.3 Å². The van der Waals surface area contributed by atoms with E-state index in [1.54, 1.807) is 0 Å². The van der Waals surface area contributed by atoms with Crippen LogP contribution in [0.1, 0.15) is 30.3 Å². The second-order valence-electron chi connectivity index (χ2n) is 4.56. The van der Waals surface area contributed by atoms with Crippen LogP contribution in [-0.2, 0) is 13.6 Å². The molecule has 0 aliphatic carbocycles. The minimum Gasteiger partial charge on any atom is -0.396 e. The van der Waals surface area contributed by atoms with Gasteiger partial charge < -0.3 is 15.0 Å². The summed E-state index contributed by atoms with van der Waals surface area (Å²) >= 11 is 0. The summed E-state index contributed by atoms with van der Waals surface area (Å²) in [6.45, 7) is 6.04. The highest BCUT2D eigenvalue weighted by molar-refractivity contribution is 5.33. The van der Waals surface area contributed by atoms with Gasteiger partial charge >= 0.3 is 0 Å². The van der Waals surface area contributed by atoms with Crippen molar-refractivity contribution >= 4 is 0 Å². The molecule has 4 heteroatoms. The maximum atomic E-state index is 8.92. The SMILES string of the molecule is Cc1c(CNCC(C)CCO)cc(C#N)n1C. The van der Waals surface area contributed by atoms with Crippen molar-refractivity contribution in [3.8, 4) is 6.07 Å². The minimum atomic E-state index is 0.242. The summed E-state index contributed by atoms with van der Waals surface area (Å²) in [5.74, 6) is 0.472. The molecule has 1 heterocycles. The van der Waals surface area contributed by atoms with E-state index in [4.69, 9.17) is 10.4 Å². The Morgan fingerprint density at radius 3 is 2.82 bits per heavy atom. The predicted octanol–water partition coefficient (Wildman–Crippen LogP) is 1.31. The van der Waals surface area contributed by atoms with Gasteiger partial charge in [-0.25, -0.2) is 0 Å². The molecule has 0 aromatic carbocycles. The topological polar surface area (TPSA) is 61.0 Å². The average molecular weight is 235 g/mol. The smallest absolute Gasteiger partial charge is 0.120 e. The molecule has 0 spiro atoms. The molecule has 0 amide bonds. The van der Waals surface area contributed by atoms with Crippen LogP contribution in [0.2, 0.25) is 0 Å². The molecular formula is C13H21N3O. The van der Waals surface area contributed by atoms with Crippen LogP contribution in [-0.4, -0.2) is 22.8 Å². The molecule has 0 saturated heterocycles. The number of aliphatic hydroxyl groups excluding tert-OH is 1. The van der Waals surface area contributed by atoms with Gasteiger partial charge in [-0.2, -0.15) is 5.26 Å². The third kappa shape index (κ3) is 3.58. The Labute approximate surface area is 103 Å². The molecule has 0 radical (unpaired) electrons. The highest BCUT2D eigenvalue weighted by Gasteiger charge is 2.08. The molecule has 1 aromatic rings. The lowest BCUT2D eigenvalue weighted by Gasteiger charge is -2.11. The zero-order valence-corrected chi connectivity index (χ0v) is 10.8. The van der Waals surface area contributed by atoms with Crippen molar-refractivity contribution in [2.45, 2.75) is 26.8 Å². The van der Waals surface area contributed by atoms with Crippen LogP contribution in [0, 0.1) is 24.2 Å². The minimum absolute atomic E-state index is 0.242. The Kier molecular flexibility index (Phi) is 5.20. The monoisotopic (exact) mass is 235 g/mol. The molecule has 2 N–H and O–H groups in total. The van der Waals surface area contributed by atoms with Crippen LogP contribution in [0.3, 0.4) is 0 Å². The van der Waals surface area contributed by atoms with Gasteiger partial charge in [0.05, 0.1) is 0 Å². The van der Waals surface area contributed by atoms with Crippen LogP contribution in [0.25, 0.3) is 0 Å². The van der Waals surface area contributed by atoms with Crippen molar-refractivity contribution in [1.29, 1.82) is 5.26 Å². The summed E-state index contributed by atoms with van der Waals surface area (Å²) in [4.78, 5) is 0. The normalized spacial score (nSPS) is 12.4. The van der Waals surface area contributed by atoms with E-state index in [-0.39, 0.29) is 6.61 Å². The van der Waals surface area contributed by atoms with Crippen molar-refractivity contribution < 1.29 is 5.11 Å². The molecule has 1 unspecified atom stereocenters. The Balaban J connectivity index is 2.50. The summed E-state index contributed by atoms with van der Waals surface area (Å²) in [6, 6.07) is 4.11. The predicted molar refractivity (Wildman–Crippen MR) is 67.4 cm³/mol. The third-order valence-electron chi connectivity index (χ3n) is 3.18. The molecule has 1 atom stereocenters. The van der Waals surface area contributed by atoms with E-state index in [0.29, 0.717) is 11.6 Å². The van der Waals surface area contributed by atoms with Gasteiger partial charge in [0.25, 0.3) is 0 Å². The first kappa shape index (κ1) is 13.8. The molecular weight excluding hydrogens is 214 g/mol. The van der Waals surface area contributed by atoms with Crippen molar-refractivity contribution in [2.24, 2.45) is 13.0 Å². The number of nitrogens with one attached hydrogen (secondary N) is 1. The number of rotatable bonds is 6. The number of aliphatic hydroxyl groups is 1. The summed E-state index contributed by atoms with van der Waals surface area (Å²) < 4.78 is 1.91. The fourth-order valence-electron chi connectivity index (χ4n) is 1.82. The number of aromatic nitrogens is 1. The van der Waals surface area contributed by atoms with Gasteiger partial charge in [-0.3, -0.25) is 0 Å². The number of nitrogens with zero attached hydrogens (tertiary/aromatic N) is 2. The zero-order chi connectivity index (χ0) is 12.8. The molecule has 0 saturated carbocycles. The zero-order valence-electron chi connectivity index (χ0n) is 10.8. The first-order valence-electron chi connectivity index (χ1n) is 5.97. The highest BCUT2D eigenvalue weighted by atomic mass is 16.3. The summed E-state index contributed by atoms with van der Waals surface area (Å²) in [7, 11) is 1.91. The lowest BCUT2D eigenvalue weighted by molar-refractivity contribution is 0.260. The molecule has 0 aliphatic heterocycles. The van der Waals surface area contributed by atoms with E-state index >= 15 is 0 Å². The molecule has 0 bridgehead atoms. The summed E-state index contributed by atoms with van der Waals surface area (Å²) in [5, 5.41) is 21.1. The largest absolute Gasteiger partial charge is 0.396 e. The molecule has 1 aromatic heterocycles. The molecule has 0 fully saturated rings. The van der Waals surface area contributed by atoms with Gasteiger partial charge in [0.15, 0.2) is 0 Å². The van der Waals surface area contributed by atoms with Gasteiger partial charge in [-0.1, -0.05) is 6.92 Å². The van der Waals surface area contributed by atoms with Gasteiger partial charge in [0, 0.05) is 25.9 Å². The van der Waals surface area contributed by atoms with Crippen molar-refractivity contribution in [3.63, 3.8) is 0 Å². The maximum Gasteiger partial charge on any atom is 0.120 e. The molecule has 4 nitrogen and oxygen atoms in total. The lowest BCUT2D eigenvalue weighted by atomic mass is 10.1. The number of hydrogen-bond donors (Lipinski definition) is 2. The standard InChI is InChI=1S/C13H21N3O/c1-10(4-5-17)8-15-9-12-6-13(7-14)16(3)11(12)2/h6,10,15,17H,4-5,8-9H2,1-3H3. The Hall–Kier alpha value is -1.31. The third-order valence-corrected chi connectivity index (χ3v) is 3.18. The second-order valence-corrected chi connectivity index (χ2v) is 4.56. The Morgan fingerprint density at radius 2 is 2.29 bits per heavy atom. The van der Waals surface area contributed by atoms with E-state index in [1.807, 2.05) is 24.6 Å². The molecule has 1 rings (SSSR count). The summed E-state index contributed by atoms with van der Waals surface area (Å²) in [5.41, 5.74) is 2.99. The van der Waals surface area contributed by atoms with Crippen LogP contribution >= 0.6 is 0 Å². The van der Waals surface area contributed by atoms with Crippen molar-refractivity contribution in [1.82, 2.24) is 9.88 Å². The van der Waals surface area contributed by atoms with Gasteiger partial charge in [-0.05, 0) is 37.4 Å². The van der Waals surface area contributed by atoms with Crippen LogP contribution < -0.4 is 5.32 Å². The quantitative estimate of drug-likeness (QED) is 0.781. The number of nitriles is 1. The highest BCUT2D eigenvalue weighted by Crippen LogP contribution is 2.13. The van der Waals surface area contributed by atoms with Gasteiger partial charge in [0.2, 0.25) is 0 Å². The van der Waals surface area contributed by atoms with Crippen molar-refractivity contribution in [3.05, 3.63) is 23.0 Å². The summed E-state index contributed by atoms with van der Waals surface area (Å²) in [6.07, 6.45) is 0.824. The maximum absolute atomic E-state index is 8.92. The van der Waals surface area contributed by atoms with E-state index < -0.39 is 0 Å².